The lowest BCUT2D eigenvalue weighted by Gasteiger charge is -2.39. The summed E-state index contributed by atoms with van der Waals surface area (Å²) in [4.78, 5) is 0. The van der Waals surface area contributed by atoms with E-state index in [1.807, 2.05) is 19.1 Å². The highest BCUT2D eigenvalue weighted by Gasteiger charge is 2.63. The summed E-state index contributed by atoms with van der Waals surface area (Å²) in [6.07, 6.45) is -0.535. The molecule has 0 aliphatic carbocycles. The molecule has 4 atom stereocenters. The summed E-state index contributed by atoms with van der Waals surface area (Å²) in [5.41, 5.74) is -0.0389. The number of hydrogen-bond donors (Lipinski definition) is 1. The first-order chi connectivity index (χ1) is 15.2. The minimum Gasteiger partial charge on any atom is -0.493 e. The van der Waals surface area contributed by atoms with E-state index in [9.17, 15) is 5.11 Å². The van der Waals surface area contributed by atoms with Gasteiger partial charge in [-0.2, -0.15) is 0 Å². The second-order valence-corrected chi connectivity index (χ2v) is 7.82. The van der Waals surface area contributed by atoms with Crippen LogP contribution in [0, 0.1) is 5.92 Å². The normalized spacial score (nSPS) is 27.2. The van der Waals surface area contributed by atoms with E-state index in [1.165, 1.54) is 7.11 Å². The van der Waals surface area contributed by atoms with Crippen LogP contribution in [0.4, 0.5) is 0 Å². The lowest BCUT2D eigenvalue weighted by Crippen LogP contribution is -2.50. The van der Waals surface area contributed by atoms with E-state index < -0.39 is 17.5 Å². The fraction of sp³-hybridized carbons (Fsp3) is 0.500. The molecule has 1 fully saturated rings. The molecule has 0 spiro atoms. The summed E-state index contributed by atoms with van der Waals surface area (Å²) >= 11 is 0. The Bertz CT molecular complexity index is 932. The van der Waals surface area contributed by atoms with Gasteiger partial charge in [0.25, 0.3) is 0 Å². The maximum Gasteiger partial charge on any atom is 0.225 e. The molecule has 176 valence electrons. The molecule has 0 unspecified atom stereocenters. The van der Waals surface area contributed by atoms with Crippen molar-refractivity contribution in [1.82, 2.24) is 0 Å². The third-order valence-corrected chi connectivity index (χ3v) is 6.37. The second-order valence-electron chi connectivity index (χ2n) is 7.82. The monoisotopic (exact) mass is 448 g/mol. The second kappa shape index (κ2) is 9.05. The van der Waals surface area contributed by atoms with Crippen molar-refractivity contribution in [2.45, 2.75) is 31.3 Å². The van der Waals surface area contributed by atoms with Gasteiger partial charge in [0.1, 0.15) is 5.60 Å². The van der Waals surface area contributed by atoms with Crippen LogP contribution in [0.1, 0.15) is 31.1 Å². The zero-order valence-electron chi connectivity index (χ0n) is 19.8. The zero-order valence-corrected chi connectivity index (χ0v) is 19.8. The molecule has 1 heterocycles. The van der Waals surface area contributed by atoms with Crippen LogP contribution in [0.2, 0.25) is 0 Å². The summed E-state index contributed by atoms with van der Waals surface area (Å²) in [6, 6.07) is 8.94. The third kappa shape index (κ3) is 3.52. The number of methoxy groups -OCH3 is 6. The lowest BCUT2D eigenvalue weighted by atomic mass is 9.79. The van der Waals surface area contributed by atoms with Gasteiger partial charge in [0, 0.05) is 18.6 Å². The van der Waals surface area contributed by atoms with Gasteiger partial charge in [-0.15, -0.1) is 0 Å². The highest BCUT2D eigenvalue weighted by atomic mass is 16.7. The van der Waals surface area contributed by atoms with E-state index in [2.05, 4.69) is 0 Å². The maximum atomic E-state index is 11.7. The standard InChI is InChI=1S/C24H32O8/c1-14-21(15-11-19(28-5)22(30-7)20(12-15)29-6)32-24(31-8,23(14,2)25)16-9-10-17(26-3)18(13-16)27-4/h9-14,21,25H,1-8H3/t14-,21+,23+,24-/m1/s1. The smallest absolute Gasteiger partial charge is 0.225 e. The third-order valence-electron chi connectivity index (χ3n) is 6.37. The van der Waals surface area contributed by atoms with Gasteiger partial charge in [-0.25, -0.2) is 0 Å². The molecule has 2 aromatic rings. The average Bonchev–Trinajstić information content (AvgIpc) is 3.03. The van der Waals surface area contributed by atoms with Crippen LogP contribution in [-0.2, 0) is 15.3 Å². The Labute approximate surface area is 188 Å². The van der Waals surface area contributed by atoms with Gasteiger partial charge in [0.05, 0.1) is 41.7 Å². The van der Waals surface area contributed by atoms with Gasteiger partial charge < -0.3 is 38.3 Å². The van der Waals surface area contributed by atoms with Crippen molar-refractivity contribution in [3.63, 3.8) is 0 Å². The van der Waals surface area contributed by atoms with Crippen LogP contribution in [0.15, 0.2) is 30.3 Å². The van der Waals surface area contributed by atoms with Crippen LogP contribution in [0.5, 0.6) is 28.7 Å². The average molecular weight is 449 g/mol. The molecule has 0 aromatic heterocycles. The molecule has 3 rings (SSSR count). The van der Waals surface area contributed by atoms with Crippen LogP contribution in [0.25, 0.3) is 0 Å². The van der Waals surface area contributed by atoms with Gasteiger partial charge in [0.15, 0.2) is 23.0 Å². The van der Waals surface area contributed by atoms with Crippen molar-refractivity contribution < 1.29 is 38.3 Å². The van der Waals surface area contributed by atoms with Gasteiger partial charge >= 0.3 is 0 Å². The molecule has 0 amide bonds. The Morgan fingerprint density at radius 1 is 0.781 bits per heavy atom. The fourth-order valence-electron chi connectivity index (χ4n) is 4.39. The van der Waals surface area contributed by atoms with Crippen LogP contribution in [-0.4, -0.2) is 53.4 Å². The van der Waals surface area contributed by atoms with Crippen molar-refractivity contribution in [2.24, 2.45) is 5.92 Å². The summed E-state index contributed by atoms with van der Waals surface area (Å²) in [6.45, 7) is 3.62. The predicted molar refractivity (Wildman–Crippen MR) is 118 cm³/mol. The molecule has 1 saturated heterocycles. The molecule has 0 saturated carbocycles. The van der Waals surface area contributed by atoms with Gasteiger partial charge in [0.2, 0.25) is 11.5 Å². The molecule has 1 aliphatic rings. The van der Waals surface area contributed by atoms with Crippen LogP contribution in [0.3, 0.4) is 0 Å². The van der Waals surface area contributed by atoms with E-state index in [0.29, 0.717) is 34.3 Å². The molecule has 8 heteroatoms. The van der Waals surface area contributed by atoms with Crippen molar-refractivity contribution in [3.05, 3.63) is 41.5 Å². The molecule has 1 aliphatic heterocycles. The Morgan fingerprint density at radius 3 is 1.81 bits per heavy atom. The summed E-state index contributed by atoms with van der Waals surface area (Å²) in [5, 5.41) is 11.7. The molecule has 8 nitrogen and oxygen atoms in total. The molecular weight excluding hydrogens is 416 g/mol. The van der Waals surface area contributed by atoms with E-state index in [1.54, 1.807) is 60.7 Å². The quantitative estimate of drug-likeness (QED) is 0.655. The maximum absolute atomic E-state index is 11.7. The lowest BCUT2D eigenvalue weighted by molar-refractivity contribution is -0.286. The SMILES string of the molecule is COc1ccc([C@@]2(OC)O[C@H](c3cc(OC)c(OC)c(OC)c3)[C@@H](C)[C@]2(C)O)cc1OC. The Balaban J connectivity index is 2.14. The predicted octanol–water partition coefficient (Wildman–Crippen LogP) is 3.69. The first-order valence-corrected chi connectivity index (χ1v) is 10.2. The zero-order chi connectivity index (χ0) is 23.7. The van der Waals surface area contributed by atoms with Crippen molar-refractivity contribution >= 4 is 0 Å². The van der Waals surface area contributed by atoms with Crippen LogP contribution >= 0.6 is 0 Å². The minimum absolute atomic E-state index is 0.363. The van der Waals surface area contributed by atoms with E-state index in [4.69, 9.17) is 33.2 Å². The Morgan fingerprint density at radius 2 is 1.34 bits per heavy atom. The highest BCUT2D eigenvalue weighted by molar-refractivity contribution is 5.55. The topological polar surface area (TPSA) is 84.8 Å². The fourth-order valence-corrected chi connectivity index (χ4v) is 4.39. The first kappa shape index (κ1) is 24.0. The minimum atomic E-state index is -1.46. The molecule has 0 radical (unpaired) electrons. The van der Waals surface area contributed by atoms with Gasteiger partial charge in [-0.1, -0.05) is 6.92 Å². The van der Waals surface area contributed by atoms with Crippen molar-refractivity contribution in [1.29, 1.82) is 0 Å². The highest BCUT2D eigenvalue weighted by Crippen LogP contribution is 2.57. The number of benzene rings is 2. The largest absolute Gasteiger partial charge is 0.493 e. The summed E-state index contributed by atoms with van der Waals surface area (Å²) in [5.74, 6) is 0.722. The molecule has 0 bridgehead atoms. The number of ether oxygens (including phenoxy) is 7. The Kier molecular flexibility index (Phi) is 6.78. The Hall–Kier alpha value is -2.68. The summed E-state index contributed by atoms with van der Waals surface area (Å²) < 4.78 is 39.7. The van der Waals surface area contributed by atoms with Crippen molar-refractivity contribution in [3.8, 4) is 28.7 Å². The van der Waals surface area contributed by atoms with Crippen LogP contribution < -0.4 is 23.7 Å². The van der Waals surface area contributed by atoms with E-state index in [-0.39, 0.29) is 5.92 Å². The molecule has 2 aromatic carbocycles. The van der Waals surface area contributed by atoms with Gasteiger partial charge in [-0.3, -0.25) is 0 Å². The molecular formula is C24H32O8. The van der Waals surface area contributed by atoms with E-state index in [0.717, 1.165) is 5.56 Å². The first-order valence-electron chi connectivity index (χ1n) is 10.2. The number of rotatable bonds is 8. The summed E-state index contributed by atoms with van der Waals surface area (Å²) in [7, 11) is 9.28. The molecule has 32 heavy (non-hydrogen) atoms. The number of hydrogen-bond acceptors (Lipinski definition) is 8. The molecule has 1 N–H and O–H groups in total. The van der Waals surface area contributed by atoms with Crippen molar-refractivity contribution in [2.75, 3.05) is 42.7 Å². The van der Waals surface area contributed by atoms with E-state index >= 15 is 0 Å². The van der Waals surface area contributed by atoms with Gasteiger partial charge in [-0.05, 0) is 42.8 Å². The number of aliphatic hydroxyl groups is 1.